The summed E-state index contributed by atoms with van der Waals surface area (Å²) in [6.45, 7) is 7.54. The summed E-state index contributed by atoms with van der Waals surface area (Å²) in [6.07, 6.45) is -26.6. The molecule has 93 heavy (non-hydrogen) atoms. The van der Waals surface area contributed by atoms with Gasteiger partial charge in [-0.15, -0.1) is 0 Å². The molecule has 0 unspecified atom stereocenters. The average molecular weight is 1340 g/mol. The van der Waals surface area contributed by atoms with Crippen molar-refractivity contribution in [2.45, 2.75) is 240 Å². The van der Waals surface area contributed by atoms with Gasteiger partial charge in [0.15, 0.2) is 12.6 Å². The minimum atomic E-state index is -2.07. The minimum absolute atomic E-state index is 0.0902. The lowest BCUT2D eigenvalue weighted by molar-refractivity contribution is -0.347. The Hall–Kier alpha value is -6.47. The maximum Gasteiger partial charge on any atom is 0.322 e. The Bertz CT molecular complexity index is 2600. The van der Waals surface area contributed by atoms with Gasteiger partial charge in [0.1, 0.15) is 110 Å². The first kappa shape index (κ1) is 79.0. The summed E-state index contributed by atoms with van der Waals surface area (Å²) in [5, 5.41) is 144. The van der Waals surface area contributed by atoms with E-state index in [0.29, 0.717) is 0 Å². The minimum Gasteiger partial charge on any atom is -0.480 e. The molecule has 530 valence electrons. The Morgan fingerprint density at radius 3 is 1.40 bits per heavy atom. The van der Waals surface area contributed by atoms with Crippen LogP contribution in [0.5, 0.6) is 0 Å². The second-order valence-electron chi connectivity index (χ2n) is 24.0. The monoisotopic (exact) mass is 1340 g/mol. The summed E-state index contributed by atoms with van der Waals surface area (Å²) in [4.78, 5) is 152. The van der Waals surface area contributed by atoms with E-state index in [-0.39, 0.29) is 38.8 Å². The van der Waals surface area contributed by atoms with E-state index in [1.54, 1.807) is 0 Å². The number of likely N-dealkylation sites (tertiary alicyclic amines) is 2. The second kappa shape index (κ2) is 35.3. The van der Waals surface area contributed by atoms with Crippen molar-refractivity contribution in [3.63, 3.8) is 0 Å². The predicted molar refractivity (Wildman–Crippen MR) is 311 cm³/mol. The number of ether oxygens (including phenoxy) is 4. The Morgan fingerprint density at radius 1 is 0.527 bits per heavy atom. The van der Waals surface area contributed by atoms with Gasteiger partial charge in [0.25, 0.3) is 0 Å². The Kier molecular flexibility index (Phi) is 30.0. The molecule has 0 radical (unpaired) electrons. The van der Waals surface area contributed by atoms with Gasteiger partial charge in [-0.05, 0) is 73.1 Å². The van der Waals surface area contributed by atoms with Crippen LogP contribution in [-0.4, -0.2) is 321 Å². The molecule has 38 heteroatoms. The lowest BCUT2D eigenvalue weighted by Crippen LogP contribution is -2.69. The number of aliphatic carboxylic acids is 1. The van der Waals surface area contributed by atoms with E-state index < -0.39 is 243 Å². The first-order valence-corrected chi connectivity index (χ1v) is 30.3. The Morgan fingerprint density at radius 2 is 0.946 bits per heavy atom. The van der Waals surface area contributed by atoms with Crippen molar-refractivity contribution >= 4 is 65.0 Å². The van der Waals surface area contributed by atoms with Crippen LogP contribution in [-0.2, 0) is 71.7 Å². The number of rotatable bonds is 31. The number of carboxylic acids is 1. The zero-order valence-corrected chi connectivity index (χ0v) is 52.8. The van der Waals surface area contributed by atoms with Crippen LogP contribution in [0.25, 0.3) is 0 Å². The van der Waals surface area contributed by atoms with E-state index in [4.69, 9.17) is 29.8 Å². The number of nitrogens with zero attached hydrogens (tertiary/aromatic N) is 2. The van der Waals surface area contributed by atoms with Gasteiger partial charge in [-0.1, -0.05) is 13.8 Å². The number of aliphatic hydroxyl groups is 11. The molecular formula is C55H93N11O27. The van der Waals surface area contributed by atoms with Crippen molar-refractivity contribution in [3.05, 3.63) is 0 Å². The van der Waals surface area contributed by atoms with Crippen LogP contribution in [0, 0.1) is 5.92 Å². The predicted octanol–water partition coefficient (Wildman–Crippen LogP) is -11.9. The van der Waals surface area contributed by atoms with Crippen molar-refractivity contribution in [1.29, 1.82) is 0 Å². The molecule has 25 atom stereocenters. The standard InChI is InChI=1S/C55H93N11O27/c1-19(2)33(59-50(86)36(23(6)72)62-51(87)35(22(5)71)61-47(83)32(56)20(3)69)49(85)63-37(24(7)73)52(88)65-14-10-13-28(65)46(82)64-38(53(89)66-15-11-12-27(66)45(81)60-34(21(4)70)48(84)57-16-31(75)76)25(8)90-54-39(58-26(9)74)44(41(78)30(18-68)91-54)93-55-43(80)42(79)40(77)29(17-67)92-55/h19-25,27-30,32-44,54-55,67-73,77-80H,10-18,56H2,1-9H3,(H,57,84)(H,58,74)(H,59,86)(H,60,81)(H,61,83)(H,62,87)(H,63,85)(H,64,82)(H,75,76)/t20-,21-,22-,23-,24-,25-,27+,28+,29-,30-,32+,33+,34+,35+,36+,37+,38+,39-,40+,41+,42+,43-,44-,54+,55+/m1/s1. The molecule has 4 heterocycles. The third-order valence-corrected chi connectivity index (χ3v) is 16.1. The van der Waals surface area contributed by atoms with Crippen LogP contribution in [0.4, 0.5) is 0 Å². The van der Waals surface area contributed by atoms with Crippen LogP contribution >= 0.6 is 0 Å². The third-order valence-electron chi connectivity index (χ3n) is 16.1. The summed E-state index contributed by atoms with van der Waals surface area (Å²) < 4.78 is 23.6. The SMILES string of the molecule is CC(=O)N[C@H]1[C@@H](O[C@H](C)[C@H](NC(=O)[C@@H]2CCCN2C(=O)[C@@H](NC(=O)[C@@H](NC(=O)[C@@H](NC(=O)[C@@H](NC(=O)[C@@H](N)[C@@H](C)O)[C@@H](C)O)[C@@H](C)O)C(C)C)[C@@H](C)O)C(=O)N2CCC[C@H]2C(=O)N[C@H](C(=O)NCC(=O)O)[C@@H](C)O)O[C@H](CO)[C@H](O)[C@@H]1O[C@@H]1O[C@H](CO)[C@H](O)[C@H](O)[C@H]1O. The zero-order chi connectivity index (χ0) is 70.4. The first-order valence-electron chi connectivity index (χ1n) is 30.3. The Labute approximate surface area is 533 Å². The van der Waals surface area contributed by atoms with Gasteiger partial charge < -0.3 is 138 Å². The summed E-state index contributed by atoms with van der Waals surface area (Å²) in [5.41, 5.74) is 5.66. The van der Waals surface area contributed by atoms with E-state index in [1.165, 1.54) is 27.7 Å². The van der Waals surface area contributed by atoms with Gasteiger partial charge in [-0.3, -0.25) is 52.7 Å². The number of carbonyl (C=O) groups excluding carboxylic acids is 10. The summed E-state index contributed by atoms with van der Waals surface area (Å²) in [7, 11) is 0. The highest BCUT2D eigenvalue weighted by Gasteiger charge is 2.54. The van der Waals surface area contributed by atoms with E-state index in [9.17, 15) is 104 Å². The lowest BCUT2D eigenvalue weighted by atomic mass is 9.95. The van der Waals surface area contributed by atoms with Crippen LogP contribution in [0.1, 0.15) is 88.0 Å². The van der Waals surface area contributed by atoms with Crippen LogP contribution in [0.2, 0.25) is 0 Å². The number of amides is 10. The fourth-order valence-electron chi connectivity index (χ4n) is 10.8. The Balaban J connectivity index is 1.70. The number of nitrogens with two attached hydrogens (primary N) is 1. The van der Waals surface area contributed by atoms with E-state index in [1.807, 2.05) is 5.32 Å². The fourth-order valence-corrected chi connectivity index (χ4v) is 10.8. The maximum absolute atomic E-state index is 15.2. The highest BCUT2D eigenvalue weighted by Crippen LogP contribution is 2.32. The van der Waals surface area contributed by atoms with Crippen molar-refractivity contribution in [1.82, 2.24) is 52.3 Å². The fraction of sp³-hybridized carbons (Fsp3) is 0.800. The highest BCUT2D eigenvalue weighted by molar-refractivity contribution is 5.99. The van der Waals surface area contributed by atoms with Crippen LogP contribution in [0.15, 0.2) is 0 Å². The average Bonchev–Trinajstić information content (AvgIpc) is 1.44. The highest BCUT2D eigenvalue weighted by atomic mass is 16.7. The molecule has 0 bridgehead atoms. The maximum atomic E-state index is 15.2. The molecule has 10 amide bonds. The lowest BCUT2D eigenvalue weighted by Gasteiger charge is -2.48. The van der Waals surface area contributed by atoms with E-state index in [0.717, 1.165) is 44.4 Å². The number of aliphatic hydroxyl groups excluding tert-OH is 11. The van der Waals surface area contributed by atoms with Crippen molar-refractivity contribution in [2.24, 2.45) is 11.7 Å². The molecule has 0 saturated carbocycles. The molecule has 4 fully saturated rings. The molecule has 0 aromatic carbocycles. The molecule has 0 aromatic heterocycles. The zero-order valence-electron chi connectivity index (χ0n) is 52.8. The topological polar surface area (TPSA) is 596 Å². The van der Waals surface area contributed by atoms with Gasteiger partial charge in [0.2, 0.25) is 59.1 Å². The molecule has 0 aliphatic carbocycles. The largest absolute Gasteiger partial charge is 0.480 e. The molecule has 4 aliphatic rings. The molecule has 0 aromatic rings. The third kappa shape index (κ3) is 20.5. The molecule has 4 aliphatic heterocycles. The quantitative estimate of drug-likeness (QED) is 0.0306. The summed E-state index contributed by atoms with van der Waals surface area (Å²) >= 11 is 0. The number of carboxylic acid groups (broad SMARTS) is 1. The van der Waals surface area contributed by atoms with Crippen molar-refractivity contribution < 1.29 is 133 Å². The number of hydrogen-bond acceptors (Lipinski definition) is 27. The normalized spacial score (nSPS) is 29.0. The second-order valence-corrected chi connectivity index (χ2v) is 24.0. The molecule has 4 rings (SSSR count). The molecule has 0 spiro atoms. The number of hydrogen-bond donors (Lipinski definition) is 21. The molecule has 38 nitrogen and oxygen atoms in total. The van der Waals surface area contributed by atoms with Gasteiger partial charge in [-0.2, -0.15) is 0 Å². The smallest absolute Gasteiger partial charge is 0.322 e. The number of carbonyl (C=O) groups is 11. The molecule has 22 N–H and O–H groups in total. The van der Waals surface area contributed by atoms with Gasteiger partial charge in [0.05, 0.1) is 49.8 Å². The van der Waals surface area contributed by atoms with Crippen molar-refractivity contribution in [3.8, 4) is 0 Å². The van der Waals surface area contributed by atoms with Crippen molar-refractivity contribution in [2.75, 3.05) is 32.8 Å². The van der Waals surface area contributed by atoms with Gasteiger partial charge in [0, 0.05) is 20.0 Å². The van der Waals surface area contributed by atoms with E-state index >= 15 is 4.79 Å². The van der Waals surface area contributed by atoms with Gasteiger partial charge in [-0.25, -0.2) is 0 Å². The van der Waals surface area contributed by atoms with Crippen LogP contribution < -0.4 is 48.3 Å². The first-order chi connectivity index (χ1) is 43.4. The van der Waals surface area contributed by atoms with E-state index in [2.05, 4.69) is 37.2 Å². The molecule has 4 saturated heterocycles. The summed E-state index contributed by atoms with van der Waals surface area (Å²) in [6, 6.07) is -17.1. The number of nitrogens with one attached hydrogen (secondary N) is 8. The molecular weight excluding hydrogens is 1250 g/mol. The summed E-state index contributed by atoms with van der Waals surface area (Å²) in [5.74, 6) is -13.0. The van der Waals surface area contributed by atoms with Gasteiger partial charge >= 0.3 is 5.97 Å². The van der Waals surface area contributed by atoms with Crippen LogP contribution in [0.3, 0.4) is 0 Å².